The predicted molar refractivity (Wildman–Crippen MR) is 108 cm³/mol. The number of halogens is 1. The zero-order valence-electron chi connectivity index (χ0n) is 15.3. The molecule has 3 rings (SSSR count). The highest BCUT2D eigenvalue weighted by Gasteiger charge is 2.25. The van der Waals surface area contributed by atoms with Gasteiger partial charge in [-0.05, 0) is 36.8 Å². The minimum atomic E-state index is -3.76. The van der Waals surface area contributed by atoms with Crippen LogP contribution in [0.4, 0.5) is 11.4 Å². The van der Waals surface area contributed by atoms with Gasteiger partial charge in [-0.3, -0.25) is 9.59 Å². The predicted octanol–water partition coefficient (Wildman–Crippen LogP) is 2.73. The van der Waals surface area contributed by atoms with Gasteiger partial charge in [0.05, 0.1) is 22.2 Å². The number of rotatable bonds is 6. The maximum Gasteiger partial charge on any atom is 0.243 e. The maximum atomic E-state index is 12.5. The number of benzene rings is 2. The molecule has 9 heteroatoms. The summed E-state index contributed by atoms with van der Waals surface area (Å²) in [6.45, 7) is 0.271. The van der Waals surface area contributed by atoms with Crippen molar-refractivity contribution in [3.63, 3.8) is 0 Å². The average Bonchev–Trinajstić information content (AvgIpc) is 3.08. The first-order valence-electron chi connectivity index (χ1n) is 8.70. The van der Waals surface area contributed by atoms with Gasteiger partial charge in [0.2, 0.25) is 21.8 Å². The van der Waals surface area contributed by atoms with Crippen LogP contribution in [0.1, 0.15) is 12.8 Å². The van der Waals surface area contributed by atoms with Gasteiger partial charge in [-0.25, -0.2) is 8.42 Å². The first-order chi connectivity index (χ1) is 13.3. The molecule has 2 aromatic carbocycles. The van der Waals surface area contributed by atoms with Crippen molar-refractivity contribution < 1.29 is 18.0 Å². The summed E-state index contributed by atoms with van der Waals surface area (Å²) in [5.74, 6) is -0.477. The van der Waals surface area contributed by atoms with Crippen molar-refractivity contribution in [1.82, 2.24) is 4.31 Å². The van der Waals surface area contributed by atoms with Crippen LogP contribution in [-0.2, 0) is 19.6 Å². The standard InChI is InChI=1S/C19H20ClN3O4S/c1-22(28(26,27)15-6-3-2-4-7-15)13-18(24)21-14-9-10-17(16(20)12-14)23-11-5-8-19(23)25/h2-4,6-7,9-10,12H,5,8,11,13H2,1H3,(H,21,24). The second-order valence-corrected chi connectivity index (χ2v) is 8.89. The second-order valence-electron chi connectivity index (χ2n) is 6.44. The lowest BCUT2D eigenvalue weighted by Gasteiger charge is -2.19. The highest BCUT2D eigenvalue weighted by atomic mass is 35.5. The van der Waals surface area contributed by atoms with Crippen molar-refractivity contribution >= 4 is 44.8 Å². The number of hydrogen-bond donors (Lipinski definition) is 1. The molecular formula is C19H20ClN3O4S. The van der Waals surface area contributed by atoms with Gasteiger partial charge in [0, 0.05) is 25.7 Å². The summed E-state index contributed by atoms with van der Waals surface area (Å²) in [5, 5.41) is 2.98. The fraction of sp³-hybridized carbons (Fsp3) is 0.263. The Hall–Kier alpha value is -2.42. The molecule has 0 spiro atoms. The Morgan fingerprint density at radius 1 is 1.21 bits per heavy atom. The van der Waals surface area contributed by atoms with E-state index in [4.69, 9.17) is 11.6 Å². The van der Waals surface area contributed by atoms with Crippen molar-refractivity contribution in [2.75, 3.05) is 30.4 Å². The fourth-order valence-corrected chi connectivity index (χ4v) is 4.40. The lowest BCUT2D eigenvalue weighted by molar-refractivity contribution is -0.117. The van der Waals surface area contributed by atoms with Gasteiger partial charge in [0.25, 0.3) is 0 Å². The third-order valence-electron chi connectivity index (χ3n) is 4.41. The third kappa shape index (κ3) is 4.35. The number of carbonyl (C=O) groups is 2. The first kappa shape index (κ1) is 20.3. The number of hydrogen-bond acceptors (Lipinski definition) is 4. The second kappa shape index (κ2) is 8.30. The summed E-state index contributed by atoms with van der Waals surface area (Å²) in [5.41, 5.74) is 1.03. The Bertz CT molecular complexity index is 995. The number of sulfonamides is 1. The topological polar surface area (TPSA) is 86.8 Å². The van der Waals surface area contributed by atoms with E-state index in [1.807, 2.05) is 0 Å². The summed E-state index contributed by atoms with van der Waals surface area (Å²) in [7, 11) is -2.41. The van der Waals surface area contributed by atoms with E-state index in [1.165, 1.54) is 19.2 Å². The van der Waals surface area contributed by atoms with E-state index in [2.05, 4.69) is 5.32 Å². The molecule has 1 saturated heterocycles. The van der Waals surface area contributed by atoms with Crippen LogP contribution in [0.2, 0.25) is 5.02 Å². The van der Waals surface area contributed by atoms with E-state index in [0.717, 1.165) is 10.7 Å². The van der Waals surface area contributed by atoms with Gasteiger partial charge < -0.3 is 10.2 Å². The number of carbonyl (C=O) groups excluding carboxylic acids is 2. The molecule has 1 aliphatic heterocycles. The largest absolute Gasteiger partial charge is 0.325 e. The first-order valence-corrected chi connectivity index (χ1v) is 10.5. The summed E-state index contributed by atoms with van der Waals surface area (Å²) < 4.78 is 26.0. The molecule has 2 amide bonds. The minimum absolute atomic E-state index is 0.0198. The normalized spacial score (nSPS) is 14.5. The highest BCUT2D eigenvalue weighted by molar-refractivity contribution is 7.89. The van der Waals surface area contributed by atoms with Crippen LogP contribution in [0.25, 0.3) is 0 Å². The van der Waals surface area contributed by atoms with Crippen molar-refractivity contribution in [2.45, 2.75) is 17.7 Å². The molecule has 1 N–H and O–H groups in total. The molecule has 1 fully saturated rings. The quantitative estimate of drug-likeness (QED) is 0.776. The lowest BCUT2D eigenvalue weighted by Crippen LogP contribution is -2.35. The number of anilines is 2. The molecule has 7 nitrogen and oxygen atoms in total. The Kier molecular flexibility index (Phi) is 6.02. The lowest BCUT2D eigenvalue weighted by atomic mass is 10.2. The Balaban J connectivity index is 1.66. The molecule has 0 radical (unpaired) electrons. The minimum Gasteiger partial charge on any atom is -0.325 e. The van der Waals surface area contributed by atoms with Crippen LogP contribution in [-0.4, -0.2) is 44.7 Å². The molecule has 0 unspecified atom stereocenters. The van der Waals surface area contributed by atoms with Gasteiger partial charge in [0.1, 0.15) is 0 Å². The molecular weight excluding hydrogens is 402 g/mol. The van der Waals surface area contributed by atoms with E-state index in [0.29, 0.717) is 29.4 Å². The fourth-order valence-electron chi connectivity index (χ4n) is 2.97. The zero-order chi connectivity index (χ0) is 20.3. The van der Waals surface area contributed by atoms with Crippen molar-refractivity contribution in [3.8, 4) is 0 Å². The molecule has 1 heterocycles. The number of nitrogens with zero attached hydrogens (tertiary/aromatic N) is 2. The summed E-state index contributed by atoms with van der Waals surface area (Å²) in [6, 6.07) is 12.8. The van der Waals surface area contributed by atoms with Crippen LogP contribution in [0.15, 0.2) is 53.4 Å². The van der Waals surface area contributed by atoms with E-state index in [9.17, 15) is 18.0 Å². The van der Waals surface area contributed by atoms with Crippen LogP contribution >= 0.6 is 11.6 Å². The van der Waals surface area contributed by atoms with Gasteiger partial charge in [-0.1, -0.05) is 29.8 Å². The Morgan fingerprint density at radius 3 is 2.54 bits per heavy atom. The molecule has 28 heavy (non-hydrogen) atoms. The zero-order valence-corrected chi connectivity index (χ0v) is 16.8. The number of amides is 2. The molecule has 0 aromatic heterocycles. The highest BCUT2D eigenvalue weighted by Crippen LogP contribution is 2.31. The van der Waals surface area contributed by atoms with Crippen LogP contribution in [0.5, 0.6) is 0 Å². The average molecular weight is 422 g/mol. The molecule has 0 aliphatic carbocycles. The van der Waals surface area contributed by atoms with Crippen molar-refractivity contribution in [3.05, 3.63) is 53.6 Å². The van der Waals surface area contributed by atoms with E-state index < -0.39 is 15.9 Å². The smallest absolute Gasteiger partial charge is 0.243 e. The molecule has 0 bridgehead atoms. The van der Waals surface area contributed by atoms with Gasteiger partial charge in [-0.15, -0.1) is 0 Å². The Labute approximate surface area is 168 Å². The molecule has 0 saturated carbocycles. The van der Waals surface area contributed by atoms with Crippen LogP contribution in [0, 0.1) is 0 Å². The Morgan fingerprint density at radius 2 is 1.93 bits per heavy atom. The van der Waals surface area contributed by atoms with Crippen LogP contribution < -0.4 is 10.2 Å². The molecule has 1 aliphatic rings. The summed E-state index contributed by atoms with van der Waals surface area (Å²) >= 11 is 6.27. The van der Waals surface area contributed by atoms with Gasteiger partial charge >= 0.3 is 0 Å². The van der Waals surface area contributed by atoms with Gasteiger partial charge in [-0.2, -0.15) is 4.31 Å². The van der Waals surface area contributed by atoms with Gasteiger partial charge in [0.15, 0.2) is 0 Å². The molecule has 2 aromatic rings. The van der Waals surface area contributed by atoms with E-state index in [1.54, 1.807) is 41.3 Å². The summed E-state index contributed by atoms with van der Waals surface area (Å²) in [6.07, 6.45) is 1.28. The van der Waals surface area contributed by atoms with Crippen molar-refractivity contribution in [2.24, 2.45) is 0 Å². The van der Waals surface area contributed by atoms with Crippen LogP contribution in [0.3, 0.4) is 0 Å². The maximum absolute atomic E-state index is 12.5. The van der Waals surface area contributed by atoms with Crippen molar-refractivity contribution in [1.29, 1.82) is 0 Å². The third-order valence-corrected chi connectivity index (χ3v) is 6.53. The van der Waals surface area contributed by atoms with E-state index in [-0.39, 0.29) is 17.3 Å². The molecule has 148 valence electrons. The number of nitrogens with one attached hydrogen (secondary N) is 1. The monoisotopic (exact) mass is 421 g/mol. The summed E-state index contributed by atoms with van der Waals surface area (Å²) in [4.78, 5) is 25.9. The van der Waals surface area contributed by atoms with E-state index >= 15 is 0 Å². The SMILES string of the molecule is CN(CC(=O)Nc1ccc(N2CCCC2=O)c(Cl)c1)S(=O)(=O)c1ccccc1. The molecule has 0 atom stereocenters. The number of likely N-dealkylation sites (N-methyl/N-ethyl adjacent to an activating group) is 1.